The molecule has 0 bridgehead atoms. The molecule has 156 valence electrons. The molecule has 0 saturated carbocycles. The van der Waals surface area contributed by atoms with E-state index >= 15 is 0 Å². The number of hydrogen-bond donors (Lipinski definition) is 1. The summed E-state index contributed by atoms with van der Waals surface area (Å²) >= 11 is 1.25. The van der Waals surface area contributed by atoms with Crippen molar-refractivity contribution in [2.24, 2.45) is 0 Å². The van der Waals surface area contributed by atoms with E-state index in [1.54, 1.807) is 13.0 Å². The van der Waals surface area contributed by atoms with Gasteiger partial charge in [0, 0.05) is 4.88 Å². The Morgan fingerprint density at radius 3 is 2.41 bits per heavy atom. The summed E-state index contributed by atoms with van der Waals surface area (Å²) in [4.78, 5) is 37.3. The summed E-state index contributed by atoms with van der Waals surface area (Å²) in [5, 5.41) is 2.96. The molecule has 0 aliphatic rings. The lowest BCUT2D eigenvalue weighted by Crippen LogP contribution is -2.21. The maximum Gasteiger partial charge on any atom is 0.341 e. The molecule has 0 fully saturated rings. The van der Waals surface area contributed by atoms with Crippen LogP contribution in [-0.4, -0.2) is 45.3 Å². The Morgan fingerprint density at radius 1 is 1.07 bits per heavy atom. The number of esters is 2. The molecule has 1 aromatic carbocycles. The number of benzene rings is 1. The van der Waals surface area contributed by atoms with Gasteiger partial charge in [-0.05, 0) is 44.5 Å². The van der Waals surface area contributed by atoms with Crippen molar-refractivity contribution in [2.45, 2.75) is 20.8 Å². The largest absolute Gasteiger partial charge is 0.493 e. The van der Waals surface area contributed by atoms with E-state index in [0.717, 1.165) is 10.4 Å². The first-order chi connectivity index (χ1) is 13.8. The van der Waals surface area contributed by atoms with Crippen molar-refractivity contribution >= 4 is 34.2 Å². The van der Waals surface area contributed by atoms with Crippen LogP contribution in [0.25, 0.3) is 0 Å². The maximum absolute atomic E-state index is 12.2. The zero-order valence-corrected chi connectivity index (χ0v) is 17.7. The monoisotopic (exact) mass is 421 g/mol. The highest BCUT2D eigenvalue weighted by Gasteiger charge is 2.22. The molecule has 29 heavy (non-hydrogen) atoms. The average molecular weight is 421 g/mol. The first-order valence-corrected chi connectivity index (χ1v) is 9.60. The van der Waals surface area contributed by atoms with E-state index in [2.05, 4.69) is 5.32 Å². The van der Waals surface area contributed by atoms with Gasteiger partial charge in [-0.3, -0.25) is 4.79 Å². The highest BCUT2D eigenvalue weighted by Crippen LogP contribution is 2.33. The average Bonchev–Trinajstić information content (AvgIpc) is 2.99. The smallest absolute Gasteiger partial charge is 0.341 e. The SMILES string of the molecule is CCOc1ccc(C(=O)OCC(=O)Nc2sc(C)c(C)c2C(=O)OC)cc1OC. The van der Waals surface area contributed by atoms with Crippen molar-refractivity contribution in [3.63, 3.8) is 0 Å². The fourth-order valence-corrected chi connectivity index (χ4v) is 3.57. The third-order valence-corrected chi connectivity index (χ3v) is 5.18. The number of thiophene rings is 1. The van der Waals surface area contributed by atoms with Crippen LogP contribution in [0.5, 0.6) is 11.5 Å². The van der Waals surface area contributed by atoms with Crippen LogP contribution in [0.1, 0.15) is 38.1 Å². The molecule has 0 radical (unpaired) electrons. The fourth-order valence-electron chi connectivity index (χ4n) is 2.51. The second kappa shape index (κ2) is 9.92. The van der Waals surface area contributed by atoms with Gasteiger partial charge in [0.05, 0.1) is 32.0 Å². The van der Waals surface area contributed by atoms with E-state index in [0.29, 0.717) is 28.7 Å². The fraction of sp³-hybridized carbons (Fsp3) is 0.350. The highest BCUT2D eigenvalue weighted by molar-refractivity contribution is 7.16. The number of rotatable bonds is 8. The second-order valence-corrected chi connectivity index (χ2v) is 7.13. The van der Waals surface area contributed by atoms with Crippen LogP contribution in [0.3, 0.4) is 0 Å². The molecule has 1 N–H and O–H groups in total. The zero-order valence-electron chi connectivity index (χ0n) is 16.9. The lowest BCUT2D eigenvalue weighted by atomic mass is 10.1. The molecule has 2 aromatic rings. The Kier molecular flexibility index (Phi) is 7.60. The number of amides is 1. The summed E-state index contributed by atoms with van der Waals surface area (Å²) in [6, 6.07) is 4.60. The van der Waals surface area contributed by atoms with Crippen molar-refractivity contribution in [2.75, 3.05) is 32.8 Å². The van der Waals surface area contributed by atoms with E-state index in [4.69, 9.17) is 18.9 Å². The molecule has 0 saturated heterocycles. The molecule has 9 heteroatoms. The van der Waals surface area contributed by atoms with Crippen LogP contribution in [-0.2, 0) is 14.3 Å². The van der Waals surface area contributed by atoms with Gasteiger partial charge in [-0.2, -0.15) is 0 Å². The van der Waals surface area contributed by atoms with Crippen LogP contribution in [0.4, 0.5) is 5.00 Å². The second-order valence-electron chi connectivity index (χ2n) is 5.90. The quantitative estimate of drug-likeness (QED) is 0.652. The van der Waals surface area contributed by atoms with Gasteiger partial charge >= 0.3 is 11.9 Å². The molecule has 0 unspecified atom stereocenters. The van der Waals surface area contributed by atoms with Gasteiger partial charge in [0.1, 0.15) is 5.00 Å². The number of hydrogen-bond acceptors (Lipinski definition) is 8. The van der Waals surface area contributed by atoms with E-state index in [1.807, 2.05) is 13.8 Å². The minimum atomic E-state index is -0.687. The Hall–Kier alpha value is -3.07. The highest BCUT2D eigenvalue weighted by atomic mass is 32.1. The van der Waals surface area contributed by atoms with E-state index in [-0.39, 0.29) is 5.56 Å². The van der Waals surface area contributed by atoms with Gasteiger partial charge in [0.15, 0.2) is 18.1 Å². The summed E-state index contributed by atoms with van der Waals surface area (Å²) in [5.41, 5.74) is 1.25. The van der Waals surface area contributed by atoms with Crippen molar-refractivity contribution in [3.8, 4) is 11.5 Å². The Balaban J connectivity index is 2.04. The maximum atomic E-state index is 12.2. The van der Waals surface area contributed by atoms with Gasteiger partial charge in [-0.15, -0.1) is 11.3 Å². The number of nitrogens with one attached hydrogen (secondary N) is 1. The number of anilines is 1. The summed E-state index contributed by atoms with van der Waals surface area (Å²) in [5.74, 6) is -0.905. The van der Waals surface area contributed by atoms with E-state index in [1.165, 1.54) is 37.7 Å². The Labute approximate surface area is 172 Å². The Morgan fingerprint density at radius 2 is 1.79 bits per heavy atom. The third kappa shape index (κ3) is 5.26. The first-order valence-electron chi connectivity index (χ1n) is 8.78. The normalized spacial score (nSPS) is 10.2. The van der Waals surface area contributed by atoms with Crippen LogP contribution >= 0.6 is 11.3 Å². The lowest BCUT2D eigenvalue weighted by Gasteiger charge is -2.11. The molecule has 0 spiro atoms. The van der Waals surface area contributed by atoms with Crippen LogP contribution in [0.2, 0.25) is 0 Å². The molecule has 1 aromatic heterocycles. The van der Waals surface area contributed by atoms with Gasteiger partial charge in [-0.25, -0.2) is 9.59 Å². The summed E-state index contributed by atoms with van der Waals surface area (Å²) in [6.07, 6.45) is 0. The summed E-state index contributed by atoms with van der Waals surface area (Å²) in [6.45, 7) is 5.39. The minimum Gasteiger partial charge on any atom is -0.493 e. The zero-order chi connectivity index (χ0) is 21.6. The summed E-state index contributed by atoms with van der Waals surface area (Å²) < 4.78 is 20.4. The van der Waals surface area contributed by atoms with Gasteiger partial charge in [0.2, 0.25) is 0 Å². The van der Waals surface area contributed by atoms with Crippen molar-refractivity contribution in [1.29, 1.82) is 0 Å². The molecule has 0 aliphatic heterocycles. The summed E-state index contributed by atoms with van der Waals surface area (Å²) in [7, 11) is 2.73. The molecule has 2 rings (SSSR count). The van der Waals surface area contributed by atoms with Gasteiger partial charge in [0.25, 0.3) is 5.91 Å². The standard InChI is InChI=1S/C20H23NO7S/c1-6-27-14-8-7-13(9-15(14)25-4)19(23)28-10-16(22)21-18-17(20(24)26-5)11(2)12(3)29-18/h7-9H,6,10H2,1-5H3,(H,21,22). The molecule has 8 nitrogen and oxygen atoms in total. The van der Waals surface area contributed by atoms with Crippen molar-refractivity contribution < 1.29 is 33.3 Å². The molecule has 1 amide bonds. The predicted molar refractivity (Wildman–Crippen MR) is 108 cm³/mol. The van der Waals surface area contributed by atoms with E-state index in [9.17, 15) is 14.4 Å². The molecular weight excluding hydrogens is 398 g/mol. The van der Waals surface area contributed by atoms with Crippen LogP contribution < -0.4 is 14.8 Å². The molecular formula is C20H23NO7S. The predicted octanol–water partition coefficient (Wildman–Crippen LogP) is 3.35. The first kappa shape index (κ1) is 22.2. The number of carbonyl (C=O) groups is 3. The molecule has 0 aliphatic carbocycles. The molecule has 1 heterocycles. The topological polar surface area (TPSA) is 100 Å². The van der Waals surface area contributed by atoms with Crippen LogP contribution in [0.15, 0.2) is 18.2 Å². The number of aryl methyl sites for hydroxylation is 1. The van der Waals surface area contributed by atoms with Gasteiger partial charge < -0.3 is 24.3 Å². The van der Waals surface area contributed by atoms with Crippen molar-refractivity contribution in [1.82, 2.24) is 0 Å². The van der Waals surface area contributed by atoms with Crippen LogP contribution in [0, 0.1) is 13.8 Å². The lowest BCUT2D eigenvalue weighted by molar-refractivity contribution is -0.119. The number of carbonyl (C=O) groups excluding carboxylic acids is 3. The van der Waals surface area contributed by atoms with Crippen molar-refractivity contribution in [3.05, 3.63) is 39.8 Å². The number of methoxy groups -OCH3 is 2. The van der Waals surface area contributed by atoms with E-state index < -0.39 is 24.5 Å². The number of ether oxygens (including phenoxy) is 4. The molecule has 0 atom stereocenters. The minimum absolute atomic E-state index is 0.219. The van der Waals surface area contributed by atoms with Gasteiger partial charge in [-0.1, -0.05) is 0 Å². The third-order valence-electron chi connectivity index (χ3n) is 4.06. The Bertz CT molecular complexity index is 920.